The summed E-state index contributed by atoms with van der Waals surface area (Å²) >= 11 is 5.87. The number of sulfonamides is 1. The molecule has 2 rings (SSSR count). The molecular weight excluding hydrogens is 316 g/mol. The summed E-state index contributed by atoms with van der Waals surface area (Å²) in [5, 5.41) is 10.7. The van der Waals surface area contributed by atoms with Gasteiger partial charge in [-0.05, 0) is 24.3 Å². The molecule has 116 valence electrons. The molecule has 0 atom stereocenters. The summed E-state index contributed by atoms with van der Waals surface area (Å²) in [6.07, 6.45) is 4.13. The zero-order chi connectivity index (χ0) is 15.7. The second kappa shape index (κ2) is 5.90. The average molecular weight is 333 g/mol. The van der Waals surface area contributed by atoms with Gasteiger partial charge in [-0.15, -0.1) is 0 Å². The maximum atomic E-state index is 12.3. The summed E-state index contributed by atoms with van der Waals surface area (Å²) in [6, 6.07) is 3.40. The highest BCUT2D eigenvalue weighted by Gasteiger charge is 2.31. The normalized spacial score (nSPS) is 17.8. The van der Waals surface area contributed by atoms with Crippen LogP contribution in [0.15, 0.2) is 23.1 Å². The first-order chi connectivity index (χ1) is 9.73. The molecule has 1 aliphatic rings. The molecule has 1 aromatic rings. The van der Waals surface area contributed by atoms with Crippen molar-refractivity contribution < 1.29 is 13.3 Å². The summed E-state index contributed by atoms with van der Waals surface area (Å²) in [5.41, 5.74) is -0.355. The fourth-order valence-electron chi connectivity index (χ4n) is 2.56. The number of non-ortho nitro benzene ring substituents is 1. The van der Waals surface area contributed by atoms with Crippen molar-refractivity contribution in [1.29, 1.82) is 0 Å². The SMILES string of the molecule is CC1(CNS(=O)(=O)c2cc([N+](=O)[O-])ccc2Cl)CCCC1. The van der Waals surface area contributed by atoms with Gasteiger partial charge in [-0.2, -0.15) is 0 Å². The lowest BCUT2D eigenvalue weighted by Crippen LogP contribution is -2.34. The molecule has 0 unspecified atom stereocenters. The number of benzene rings is 1. The highest BCUT2D eigenvalue weighted by molar-refractivity contribution is 7.89. The van der Waals surface area contributed by atoms with Crippen LogP contribution >= 0.6 is 11.6 Å². The van der Waals surface area contributed by atoms with Crippen LogP contribution in [0.1, 0.15) is 32.6 Å². The van der Waals surface area contributed by atoms with Crippen molar-refractivity contribution in [2.45, 2.75) is 37.5 Å². The molecule has 6 nitrogen and oxygen atoms in total. The monoisotopic (exact) mass is 332 g/mol. The van der Waals surface area contributed by atoms with Gasteiger partial charge in [-0.1, -0.05) is 31.4 Å². The summed E-state index contributed by atoms with van der Waals surface area (Å²) in [5.74, 6) is 0. The van der Waals surface area contributed by atoms with E-state index < -0.39 is 14.9 Å². The van der Waals surface area contributed by atoms with Crippen molar-refractivity contribution >= 4 is 27.3 Å². The minimum absolute atomic E-state index is 0.0234. The van der Waals surface area contributed by atoms with Gasteiger partial charge in [0.25, 0.3) is 5.69 Å². The Bertz CT molecular complexity index is 654. The molecular formula is C13H17ClN2O4S. The largest absolute Gasteiger partial charge is 0.270 e. The molecule has 0 aromatic heterocycles. The third kappa shape index (κ3) is 3.72. The Morgan fingerprint density at radius 2 is 2.00 bits per heavy atom. The molecule has 0 bridgehead atoms. The van der Waals surface area contributed by atoms with E-state index in [1.807, 2.05) is 6.92 Å². The van der Waals surface area contributed by atoms with E-state index in [4.69, 9.17) is 11.6 Å². The van der Waals surface area contributed by atoms with Crippen molar-refractivity contribution in [3.63, 3.8) is 0 Å². The minimum atomic E-state index is -3.86. The van der Waals surface area contributed by atoms with Crippen LogP contribution in [0, 0.1) is 15.5 Å². The number of nitro groups is 1. The van der Waals surface area contributed by atoms with Crippen molar-refractivity contribution in [3.05, 3.63) is 33.3 Å². The summed E-state index contributed by atoms with van der Waals surface area (Å²) in [4.78, 5) is 9.86. The van der Waals surface area contributed by atoms with Crippen molar-refractivity contribution in [2.24, 2.45) is 5.41 Å². The van der Waals surface area contributed by atoms with Gasteiger partial charge in [0.05, 0.1) is 9.95 Å². The predicted molar refractivity (Wildman–Crippen MR) is 79.9 cm³/mol. The van der Waals surface area contributed by atoms with Crippen LogP contribution in [-0.2, 0) is 10.0 Å². The lowest BCUT2D eigenvalue weighted by molar-refractivity contribution is -0.385. The van der Waals surface area contributed by atoms with Crippen LogP contribution in [0.25, 0.3) is 0 Å². The second-order valence-electron chi connectivity index (χ2n) is 5.71. The topological polar surface area (TPSA) is 89.3 Å². The average Bonchev–Trinajstić information content (AvgIpc) is 2.84. The van der Waals surface area contributed by atoms with E-state index in [1.54, 1.807) is 0 Å². The van der Waals surface area contributed by atoms with Crippen molar-refractivity contribution in [1.82, 2.24) is 4.72 Å². The van der Waals surface area contributed by atoms with E-state index in [0.717, 1.165) is 31.7 Å². The molecule has 1 aromatic carbocycles. The molecule has 0 saturated heterocycles. The number of hydrogen-bond donors (Lipinski definition) is 1. The fraction of sp³-hybridized carbons (Fsp3) is 0.538. The van der Waals surface area contributed by atoms with Gasteiger partial charge >= 0.3 is 0 Å². The lowest BCUT2D eigenvalue weighted by Gasteiger charge is -2.23. The van der Waals surface area contributed by atoms with E-state index in [-0.39, 0.29) is 21.0 Å². The molecule has 0 spiro atoms. The van der Waals surface area contributed by atoms with Gasteiger partial charge in [-0.3, -0.25) is 10.1 Å². The van der Waals surface area contributed by atoms with Crippen LogP contribution in [0.2, 0.25) is 5.02 Å². The zero-order valence-electron chi connectivity index (χ0n) is 11.6. The molecule has 1 fully saturated rings. The van der Waals surface area contributed by atoms with Crippen molar-refractivity contribution in [3.8, 4) is 0 Å². The lowest BCUT2D eigenvalue weighted by atomic mass is 9.89. The van der Waals surface area contributed by atoms with Gasteiger partial charge in [0.2, 0.25) is 10.0 Å². The van der Waals surface area contributed by atoms with Gasteiger partial charge in [0, 0.05) is 18.7 Å². The first-order valence-corrected chi connectivity index (χ1v) is 8.53. The van der Waals surface area contributed by atoms with E-state index in [1.165, 1.54) is 12.1 Å². The minimum Gasteiger partial charge on any atom is -0.258 e. The smallest absolute Gasteiger partial charge is 0.258 e. The molecule has 0 amide bonds. The quantitative estimate of drug-likeness (QED) is 0.662. The summed E-state index contributed by atoms with van der Waals surface area (Å²) in [7, 11) is -3.86. The van der Waals surface area contributed by atoms with Crippen LogP contribution < -0.4 is 4.72 Å². The zero-order valence-corrected chi connectivity index (χ0v) is 13.2. The highest BCUT2D eigenvalue weighted by atomic mass is 35.5. The standard InChI is InChI=1S/C13H17ClN2O4S/c1-13(6-2-3-7-13)9-15-21(19,20)12-8-10(16(17)18)4-5-11(12)14/h4-5,8,15H,2-3,6-7,9H2,1H3. The second-order valence-corrected chi connectivity index (χ2v) is 7.86. The maximum Gasteiger partial charge on any atom is 0.270 e. The van der Waals surface area contributed by atoms with Crippen LogP contribution in [0.4, 0.5) is 5.69 Å². The highest BCUT2D eigenvalue weighted by Crippen LogP contribution is 2.37. The summed E-state index contributed by atoms with van der Waals surface area (Å²) in [6.45, 7) is 2.35. The summed E-state index contributed by atoms with van der Waals surface area (Å²) < 4.78 is 27.1. The Kier molecular flexibility index (Phi) is 4.55. The van der Waals surface area contributed by atoms with Crippen LogP contribution in [-0.4, -0.2) is 19.9 Å². The Morgan fingerprint density at radius 1 is 1.38 bits per heavy atom. The van der Waals surface area contributed by atoms with Gasteiger partial charge in [-0.25, -0.2) is 13.1 Å². The number of nitrogens with one attached hydrogen (secondary N) is 1. The van der Waals surface area contributed by atoms with Crippen LogP contribution in [0.5, 0.6) is 0 Å². The number of hydrogen-bond acceptors (Lipinski definition) is 4. The van der Waals surface area contributed by atoms with E-state index in [0.29, 0.717) is 6.54 Å². The molecule has 1 aliphatic carbocycles. The molecule has 21 heavy (non-hydrogen) atoms. The van der Waals surface area contributed by atoms with Crippen molar-refractivity contribution in [2.75, 3.05) is 6.54 Å². The predicted octanol–water partition coefficient (Wildman–Crippen LogP) is 3.11. The molecule has 0 heterocycles. The molecule has 1 saturated carbocycles. The Labute approximate surface area is 128 Å². The van der Waals surface area contributed by atoms with E-state index in [9.17, 15) is 18.5 Å². The molecule has 8 heteroatoms. The molecule has 0 aliphatic heterocycles. The fourth-order valence-corrected chi connectivity index (χ4v) is 4.28. The molecule has 0 radical (unpaired) electrons. The first-order valence-electron chi connectivity index (χ1n) is 6.67. The van der Waals surface area contributed by atoms with Gasteiger partial charge < -0.3 is 0 Å². The van der Waals surface area contributed by atoms with Gasteiger partial charge in [0.15, 0.2) is 0 Å². The molecule has 1 N–H and O–H groups in total. The number of halogens is 1. The Balaban J connectivity index is 2.23. The van der Waals surface area contributed by atoms with Gasteiger partial charge in [0.1, 0.15) is 4.90 Å². The number of nitrogens with zero attached hydrogens (tertiary/aromatic N) is 1. The third-order valence-electron chi connectivity index (χ3n) is 3.91. The Morgan fingerprint density at radius 3 is 2.57 bits per heavy atom. The third-order valence-corrected chi connectivity index (χ3v) is 5.80. The first kappa shape index (κ1) is 16.2. The maximum absolute atomic E-state index is 12.3. The van der Waals surface area contributed by atoms with E-state index >= 15 is 0 Å². The number of rotatable bonds is 5. The number of nitro benzene ring substituents is 1. The van der Waals surface area contributed by atoms with E-state index in [2.05, 4.69) is 4.72 Å². The Hall–Kier alpha value is -1.18. The van der Waals surface area contributed by atoms with Crippen LogP contribution in [0.3, 0.4) is 0 Å².